The van der Waals surface area contributed by atoms with E-state index in [4.69, 9.17) is 14.7 Å². The van der Waals surface area contributed by atoms with Gasteiger partial charge in [0.25, 0.3) is 0 Å². The van der Waals surface area contributed by atoms with Crippen molar-refractivity contribution in [3.63, 3.8) is 0 Å². The smallest absolute Gasteiger partial charge is 0.161 e. The van der Waals surface area contributed by atoms with Gasteiger partial charge in [-0.25, -0.2) is 0 Å². The van der Waals surface area contributed by atoms with Crippen molar-refractivity contribution in [1.29, 1.82) is 5.26 Å². The van der Waals surface area contributed by atoms with E-state index in [9.17, 15) is 0 Å². The van der Waals surface area contributed by atoms with Gasteiger partial charge in [-0.05, 0) is 36.6 Å². The van der Waals surface area contributed by atoms with Gasteiger partial charge in [0.1, 0.15) is 0 Å². The molecule has 1 aromatic carbocycles. The van der Waals surface area contributed by atoms with Crippen molar-refractivity contribution in [3.8, 4) is 17.6 Å². The van der Waals surface area contributed by atoms with Crippen LogP contribution < -0.4 is 9.47 Å². The molecule has 0 aliphatic carbocycles. The summed E-state index contributed by atoms with van der Waals surface area (Å²) in [6.45, 7) is 5.36. The molecule has 0 saturated heterocycles. The van der Waals surface area contributed by atoms with Gasteiger partial charge in [-0.15, -0.1) is 0 Å². The molecule has 0 N–H and O–H groups in total. The van der Waals surface area contributed by atoms with Crippen molar-refractivity contribution in [3.05, 3.63) is 29.8 Å². The van der Waals surface area contributed by atoms with Crippen LogP contribution in [0.3, 0.4) is 0 Å². The maximum absolute atomic E-state index is 8.64. The Kier molecular flexibility index (Phi) is 5.65. The fourth-order valence-electron chi connectivity index (χ4n) is 2.53. The fourth-order valence-corrected chi connectivity index (χ4v) is 2.53. The summed E-state index contributed by atoms with van der Waals surface area (Å²) in [5, 5.41) is 8.64. The Bertz CT molecular complexity index is 546. The van der Waals surface area contributed by atoms with Crippen LogP contribution in [-0.2, 0) is 0 Å². The van der Waals surface area contributed by atoms with Gasteiger partial charge in [0.05, 0.1) is 19.8 Å². The molecule has 0 fully saturated rings. The maximum Gasteiger partial charge on any atom is 0.161 e. The second-order valence-corrected chi connectivity index (χ2v) is 4.99. The Morgan fingerprint density at radius 3 is 2.81 bits per heavy atom. The van der Waals surface area contributed by atoms with Crippen molar-refractivity contribution in [2.75, 3.05) is 33.4 Å². The Balaban J connectivity index is 2.09. The second kappa shape index (κ2) is 7.70. The number of ether oxygens (including phenoxy) is 2. The monoisotopic (exact) mass is 286 g/mol. The minimum Gasteiger partial charge on any atom is -0.493 e. The standard InChI is InChI=1S/C17H22N2O2/c1-3-21-16-6-5-15(13-17(16)20-2)14-7-11-19(12-8-14)10-4-9-18/h5-7,13H,3-4,8,10-12H2,1-2H3. The predicted octanol–water partition coefficient (Wildman–Crippen LogP) is 3.10. The van der Waals surface area contributed by atoms with Crippen LogP contribution in [0.1, 0.15) is 25.3 Å². The molecule has 21 heavy (non-hydrogen) atoms. The number of hydrogen-bond donors (Lipinski definition) is 0. The minimum absolute atomic E-state index is 0.597. The van der Waals surface area contributed by atoms with E-state index in [1.54, 1.807) is 7.11 Å². The zero-order valence-corrected chi connectivity index (χ0v) is 12.8. The Morgan fingerprint density at radius 1 is 1.33 bits per heavy atom. The molecule has 0 amide bonds. The van der Waals surface area contributed by atoms with E-state index < -0.39 is 0 Å². The number of benzene rings is 1. The largest absolute Gasteiger partial charge is 0.493 e. The van der Waals surface area contributed by atoms with Crippen LogP contribution in [0.4, 0.5) is 0 Å². The number of hydrogen-bond acceptors (Lipinski definition) is 4. The van der Waals surface area contributed by atoms with Gasteiger partial charge in [0.2, 0.25) is 0 Å². The van der Waals surface area contributed by atoms with Gasteiger partial charge in [-0.1, -0.05) is 12.1 Å². The topological polar surface area (TPSA) is 45.5 Å². The molecule has 0 spiro atoms. The second-order valence-electron chi connectivity index (χ2n) is 4.99. The van der Waals surface area contributed by atoms with Crippen LogP contribution in [0.15, 0.2) is 24.3 Å². The molecule has 0 aromatic heterocycles. The number of nitrogens with zero attached hydrogens (tertiary/aromatic N) is 2. The Hall–Kier alpha value is -1.99. The fraction of sp³-hybridized carbons (Fsp3) is 0.471. The molecule has 0 saturated carbocycles. The first-order valence-electron chi connectivity index (χ1n) is 7.38. The van der Waals surface area contributed by atoms with Crippen molar-refractivity contribution in [2.24, 2.45) is 0 Å². The molecule has 0 atom stereocenters. The van der Waals surface area contributed by atoms with Crippen molar-refractivity contribution in [1.82, 2.24) is 4.90 Å². The highest BCUT2D eigenvalue weighted by atomic mass is 16.5. The number of methoxy groups -OCH3 is 1. The normalized spacial score (nSPS) is 15.2. The van der Waals surface area contributed by atoms with Gasteiger partial charge in [0.15, 0.2) is 11.5 Å². The zero-order valence-electron chi connectivity index (χ0n) is 12.8. The third-order valence-corrected chi connectivity index (χ3v) is 3.67. The summed E-state index contributed by atoms with van der Waals surface area (Å²) in [6, 6.07) is 8.30. The maximum atomic E-state index is 8.64. The van der Waals surface area contributed by atoms with E-state index >= 15 is 0 Å². The highest BCUT2D eigenvalue weighted by Crippen LogP contribution is 2.32. The average molecular weight is 286 g/mol. The molecule has 0 unspecified atom stereocenters. The highest BCUT2D eigenvalue weighted by Gasteiger charge is 2.14. The molecule has 4 nitrogen and oxygen atoms in total. The van der Waals surface area contributed by atoms with Crippen LogP contribution in [-0.4, -0.2) is 38.3 Å². The molecule has 2 rings (SSSR count). The quantitative estimate of drug-likeness (QED) is 0.806. The summed E-state index contributed by atoms with van der Waals surface area (Å²) in [5.74, 6) is 1.57. The summed E-state index contributed by atoms with van der Waals surface area (Å²) >= 11 is 0. The first-order valence-corrected chi connectivity index (χ1v) is 7.38. The third-order valence-electron chi connectivity index (χ3n) is 3.67. The lowest BCUT2D eigenvalue weighted by Crippen LogP contribution is -2.29. The van der Waals surface area contributed by atoms with Gasteiger partial charge < -0.3 is 9.47 Å². The van der Waals surface area contributed by atoms with Crippen LogP contribution in [0.25, 0.3) is 5.57 Å². The van der Waals surface area contributed by atoms with Crippen LogP contribution in [0.2, 0.25) is 0 Å². The van der Waals surface area contributed by atoms with E-state index in [0.29, 0.717) is 13.0 Å². The first-order chi connectivity index (χ1) is 10.3. The van der Waals surface area contributed by atoms with Crippen molar-refractivity contribution >= 4 is 5.57 Å². The predicted molar refractivity (Wildman–Crippen MR) is 83.4 cm³/mol. The number of nitriles is 1. The van der Waals surface area contributed by atoms with Gasteiger partial charge >= 0.3 is 0 Å². The van der Waals surface area contributed by atoms with E-state index in [0.717, 1.165) is 37.6 Å². The molecule has 0 bridgehead atoms. The summed E-state index contributed by atoms with van der Waals surface area (Å²) in [6.07, 6.45) is 3.85. The molecule has 0 radical (unpaired) electrons. The highest BCUT2D eigenvalue weighted by molar-refractivity contribution is 5.69. The minimum atomic E-state index is 0.597. The number of rotatable bonds is 6. The van der Waals surface area contributed by atoms with E-state index in [2.05, 4.69) is 23.1 Å². The summed E-state index contributed by atoms with van der Waals surface area (Å²) in [7, 11) is 1.67. The van der Waals surface area contributed by atoms with Gasteiger partial charge in [-0.3, -0.25) is 4.90 Å². The molecule has 112 valence electrons. The van der Waals surface area contributed by atoms with Crippen LogP contribution >= 0.6 is 0 Å². The first kappa shape index (κ1) is 15.4. The molecule has 4 heteroatoms. The third kappa shape index (κ3) is 3.99. The molecular weight excluding hydrogens is 264 g/mol. The molecule has 1 heterocycles. The lowest BCUT2D eigenvalue weighted by molar-refractivity contribution is 0.308. The summed E-state index contributed by atoms with van der Waals surface area (Å²) < 4.78 is 11.0. The molecule has 1 aliphatic heterocycles. The zero-order chi connectivity index (χ0) is 15.1. The van der Waals surface area contributed by atoms with E-state index in [-0.39, 0.29) is 0 Å². The van der Waals surface area contributed by atoms with E-state index in [1.807, 2.05) is 19.1 Å². The van der Waals surface area contributed by atoms with Crippen LogP contribution in [0, 0.1) is 11.3 Å². The molecule has 1 aromatic rings. The lowest BCUT2D eigenvalue weighted by atomic mass is 9.99. The molecular formula is C17H22N2O2. The van der Waals surface area contributed by atoms with E-state index in [1.165, 1.54) is 11.1 Å². The van der Waals surface area contributed by atoms with Crippen LogP contribution in [0.5, 0.6) is 11.5 Å². The van der Waals surface area contributed by atoms with Gasteiger partial charge in [0, 0.05) is 26.1 Å². The Morgan fingerprint density at radius 2 is 2.19 bits per heavy atom. The van der Waals surface area contributed by atoms with Crippen molar-refractivity contribution < 1.29 is 9.47 Å². The molecule has 1 aliphatic rings. The van der Waals surface area contributed by atoms with Gasteiger partial charge in [-0.2, -0.15) is 5.26 Å². The SMILES string of the molecule is CCOc1ccc(C2=CCN(CCC#N)CC2)cc1OC. The average Bonchev–Trinajstić information content (AvgIpc) is 2.54. The lowest BCUT2D eigenvalue weighted by Gasteiger charge is -2.25. The summed E-state index contributed by atoms with van der Waals surface area (Å²) in [4.78, 5) is 2.30. The van der Waals surface area contributed by atoms with Crippen molar-refractivity contribution in [2.45, 2.75) is 19.8 Å². The summed E-state index contributed by atoms with van der Waals surface area (Å²) in [5.41, 5.74) is 2.53. The Labute approximate surface area is 126 Å².